The molecule has 1 N–H and O–H groups in total. The van der Waals surface area contributed by atoms with E-state index < -0.39 is 0 Å². The highest BCUT2D eigenvalue weighted by Crippen LogP contribution is 2.40. The van der Waals surface area contributed by atoms with E-state index in [0.717, 1.165) is 11.0 Å². The highest BCUT2D eigenvalue weighted by Gasteiger charge is 2.31. The topological polar surface area (TPSA) is 37.8 Å². The monoisotopic (exact) mass is 223 g/mol. The lowest BCUT2D eigenvalue weighted by molar-refractivity contribution is 0.532. The Bertz CT molecular complexity index is 350. The third-order valence-electron chi connectivity index (χ3n) is 3.50. The van der Waals surface area contributed by atoms with E-state index in [1.807, 2.05) is 0 Å². The standard InChI is InChI=1S/C11H17N3S/c1-11(6-2-3-7-11)13-10-12-9(14-15-10)8-4-5-8/h8H,2-7H2,1H3,(H,12,13,14). The minimum absolute atomic E-state index is 0.278. The van der Waals surface area contributed by atoms with Crippen LogP contribution in [0.1, 0.15) is 57.2 Å². The molecule has 15 heavy (non-hydrogen) atoms. The Morgan fingerprint density at radius 1 is 1.33 bits per heavy atom. The Morgan fingerprint density at radius 2 is 2.07 bits per heavy atom. The van der Waals surface area contributed by atoms with Gasteiger partial charge in [0.15, 0.2) is 0 Å². The highest BCUT2D eigenvalue weighted by atomic mass is 32.1. The van der Waals surface area contributed by atoms with Gasteiger partial charge in [-0.3, -0.25) is 0 Å². The fourth-order valence-corrected chi connectivity index (χ4v) is 3.13. The Balaban J connectivity index is 1.70. The largest absolute Gasteiger partial charge is 0.355 e. The zero-order valence-electron chi connectivity index (χ0n) is 9.12. The van der Waals surface area contributed by atoms with Crippen LogP contribution in [0.2, 0.25) is 0 Å². The second kappa shape index (κ2) is 3.44. The Labute approximate surface area is 94.5 Å². The average Bonchev–Trinajstić information content (AvgIpc) is 2.83. The molecule has 82 valence electrons. The molecule has 3 nitrogen and oxygen atoms in total. The summed E-state index contributed by atoms with van der Waals surface area (Å²) in [5, 5.41) is 4.59. The fraction of sp³-hybridized carbons (Fsp3) is 0.818. The molecule has 0 spiro atoms. The predicted octanol–water partition coefficient (Wildman–Crippen LogP) is 3.16. The lowest BCUT2D eigenvalue weighted by Gasteiger charge is -2.24. The third-order valence-corrected chi connectivity index (χ3v) is 4.14. The molecule has 0 atom stereocenters. The van der Waals surface area contributed by atoms with Crippen molar-refractivity contribution in [3.8, 4) is 0 Å². The number of hydrogen-bond acceptors (Lipinski definition) is 4. The van der Waals surface area contributed by atoms with Crippen molar-refractivity contribution in [1.82, 2.24) is 9.36 Å². The number of nitrogens with zero attached hydrogens (tertiary/aromatic N) is 2. The molecule has 2 aliphatic carbocycles. The van der Waals surface area contributed by atoms with Crippen molar-refractivity contribution in [3.05, 3.63) is 5.82 Å². The van der Waals surface area contributed by atoms with Gasteiger partial charge in [-0.05, 0) is 32.6 Å². The van der Waals surface area contributed by atoms with E-state index in [9.17, 15) is 0 Å². The normalized spacial score (nSPS) is 24.3. The van der Waals surface area contributed by atoms with Crippen LogP contribution in [0, 0.1) is 0 Å². The molecule has 1 heterocycles. The summed E-state index contributed by atoms with van der Waals surface area (Å²) in [7, 11) is 0. The lowest BCUT2D eigenvalue weighted by Crippen LogP contribution is -2.30. The molecular weight excluding hydrogens is 206 g/mol. The maximum absolute atomic E-state index is 4.58. The van der Waals surface area contributed by atoms with Crippen LogP contribution in [0.5, 0.6) is 0 Å². The van der Waals surface area contributed by atoms with Crippen molar-refractivity contribution in [3.63, 3.8) is 0 Å². The SMILES string of the molecule is CC1(Nc2nc(C3CC3)ns2)CCCC1. The van der Waals surface area contributed by atoms with Crippen LogP contribution in [0.25, 0.3) is 0 Å². The molecular formula is C11H17N3S. The van der Waals surface area contributed by atoms with E-state index in [0.29, 0.717) is 5.92 Å². The van der Waals surface area contributed by atoms with Gasteiger partial charge >= 0.3 is 0 Å². The van der Waals surface area contributed by atoms with E-state index in [2.05, 4.69) is 21.6 Å². The highest BCUT2D eigenvalue weighted by molar-refractivity contribution is 7.09. The van der Waals surface area contributed by atoms with Crippen molar-refractivity contribution in [2.75, 3.05) is 5.32 Å². The zero-order chi connectivity index (χ0) is 10.3. The summed E-state index contributed by atoms with van der Waals surface area (Å²) in [6, 6.07) is 0. The molecule has 2 fully saturated rings. The maximum atomic E-state index is 4.58. The molecule has 0 bridgehead atoms. The molecule has 0 aliphatic heterocycles. The summed E-state index contributed by atoms with van der Waals surface area (Å²) < 4.78 is 4.42. The van der Waals surface area contributed by atoms with Crippen LogP contribution in [-0.2, 0) is 0 Å². The first-order chi connectivity index (χ1) is 7.25. The molecule has 2 aliphatic rings. The van der Waals surface area contributed by atoms with Gasteiger partial charge in [-0.1, -0.05) is 12.8 Å². The summed E-state index contributed by atoms with van der Waals surface area (Å²) in [4.78, 5) is 4.58. The Hall–Kier alpha value is -0.640. The van der Waals surface area contributed by atoms with Crippen molar-refractivity contribution in [1.29, 1.82) is 0 Å². The lowest BCUT2D eigenvalue weighted by atomic mass is 10.0. The van der Waals surface area contributed by atoms with Gasteiger partial charge in [-0.2, -0.15) is 4.37 Å². The first-order valence-corrected chi connectivity index (χ1v) is 6.64. The van der Waals surface area contributed by atoms with Gasteiger partial charge in [0.1, 0.15) is 5.82 Å². The van der Waals surface area contributed by atoms with E-state index in [1.165, 1.54) is 50.1 Å². The minimum Gasteiger partial charge on any atom is -0.355 e. The molecule has 3 rings (SSSR count). The molecule has 0 unspecified atom stereocenters. The van der Waals surface area contributed by atoms with Gasteiger partial charge < -0.3 is 5.32 Å². The first-order valence-electron chi connectivity index (χ1n) is 5.87. The molecule has 4 heteroatoms. The van der Waals surface area contributed by atoms with Gasteiger partial charge in [0.05, 0.1) is 0 Å². The number of anilines is 1. The molecule has 0 radical (unpaired) electrons. The Kier molecular flexibility index (Phi) is 2.20. The molecule has 0 amide bonds. The average molecular weight is 223 g/mol. The van der Waals surface area contributed by atoms with Crippen molar-refractivity contribution < 1.29 is 0 Å². The van der Waals surface area contributed by atoms with Crippen LogP contribution in [0.15, 0.2) is 0 Å². The number of rotatable bonds is 3. The van der Waals surface area contributed by atoms with Gasteiger partial charge in [0, 0.05) is 23.0 Å². The van der Waals surface area contributed by atoms with Crippen molar-refractivity contribution in [2.24, 2.45) is 0 Å². The molecule has 1 aromatic heterocycles. The van der Waals surface area contributed by atoms with Crippen LogP contribution < -0.4 is 5.32 Å². The van der Waals surface area contributed by atoms with Crippen LogP contribution in [-0.4, -0.2) is 14.9 Å². The molecule has 2 saturated carbocycles. The number of aromatic nitrogens is 2. The van der Waals surface area contributed by atoms with Gasteiger partial charge in [-0.25, -0.2) is 4.98 Å². The van der Waals surface area contributed by atoms with E-state index in [4.69, 9.17) is 0 Å². The molecule has 0 aromatic carbocycles. The van der Waals surface area contributed by atoms with E-state index >= 15 is 0 Å². The van der Waals surface area contributed by atoms with E-state index in [1.54, 1.807) is 0 Å². The van der Waals surface area contributed by atoms with Crippen LogP contribution >= 0.6 is 11.5 Å². The first kappa shape index (κ1) is 9.58. The smallest absolute Gasteiger partial charge is 0.203 e. The van der Waals surface area contributed by atoms with Crippen LogP contribution in [0.3, 0.4) is 0 Å². The van der Waals surface area contributed by atoms with Gasteiger partial charge in [0.25, 0.3) is 0 Å². The van der Waals surface area contributed by atoms with Gasteiger partial charge in [0.2, 0.25) is 5.13 Å². The van der Waals surface area contributed by atoms with Gasteiger partial charge in [-0.15, -0.1) is 0 Å². The quantitative estimate of drug-likeness (QED) is 0.855. The number of nitrogens with one attached hydrogen (secondary N) is 1. The Morgan fingerprint density at radius 3 is 2.73 bits per heavy atom. The summed E-state index contributed by atoms with van der Waals surface area (Å²) >= 11 is 1.53. The van der Waals surface area contributed by atoms with Crippen molar-refractivity contribution >= 4 is 16.7 Å². The number of hydrogen-bond donors (Lipinski definition) is 1. The summed E-state index contributed by atoms with van der Waals surface area (Å²) in [6.45, 7) is 2.30. The second-order valence-electron chi connectivity index (χ2n) is 5.12. The molecule has 1 aromatic rings. The van der Waals surface area contributed by atoms with E-state index in [-0.39, 0.29) is 5.54 Å². The second-order valence-corrected chi connectivity index (χ2v) is 5.88. The van der Waals surface area contributed by atoms with Crippen molar-refractivity contribution in [2.45, 2.75) is 56.9 Å². The maximum Gasteiger partial charge on any atom is 0.203 e. The summed E-state index contributed by atoms with van der Waals surface area (Å²) in [5.41, 5.74) is 0.278. The van der Waals surface area contributed by atoms with Crippen LogP contribution in [0.4, 0.5) is 5.13 Å². The summed E-state index contributed by atoms with van der Waals surface area (Å²) in [5.74, 6) is 1.75. The zero-order valence-corrected chi connectivity index (χ0v) is 9.94. The minimum atomic E-state index is 0.278. The molecule has 0 saturated heterocycles. The third kappa shape index (κ3) is 2.00. The predicted molar refractivity (Wildman–Crippen MR) is 62.4 cm³/mol. The summed E-state index contributed by atoms with van der Waals surface area (Å²) in [6.07, 6.45) is 7.80. The fourth-order valence-electron chi connectivity index (χ4n) is 2.33.